The van der Waals surface area contributed by atoms with E-state index in [1.54, 1.807) is 17.9 Å². The number of ether oxygens (including phenoxy) is 1. The van der Waals surface area contributed by atoms with Crippen LogP contribution in [-0.4, -0.2) is 55.1 Å². The van der Waals surface area contributed by atoms with E-state index in [0.29, 0.717) is 38.1 Å². The van der Waals surface area contributed by atoms with Gasteiger partial charge in [-0.15, -0.1) is 0 Å². The van der Waals surface area contributed by atoms with Gasteiger partial charge in [-0.2, -0.15) is 0 Å². The van der Waals surface area contributed by atoms with Gasteiger partial charge in [0, 0.05) is 19.1 Å². The Balaban J connectivity index is 1.66. The van der Waals surface area contributed by atoms with Crippen LogP contribution in [-0.2, 0) is 20.7 Å². The molecule has 3 amide bonds. The summed E-state index contributed by atoms with van der Waals surface area (Å²) in [6.07, 6.45) is 0.967. The van der Waals surface area contributed by atoms with Gasteiger partial charge in [0.25, 0.3) is 0 Å². The second-order valence-corrected chi connectivity index (χ2v) is 6.11. The number of nitrogens with one attached hydrogen (secondary N) is 2. The zero-order valence-corrected chi connectivity index (χ0v) is 14.8. The lowest BCUT2D eigenvalue weighted by atomic mass is 10.1. The van der Waals surface area contributed by atoms with Gasteiger partial charge in [-0.1, -0.05) is 12.1 Å². The normalized spacial score (nSPS) is 14.6. The molecular formula is C18H24FN3O4. The predicted octanol–water partition coefficient (Wildman–Crippen LogP) is 1.22. The number of piperidine rings is 1. The standard InChI is InChI=1S/C18H24FN3O4/c1-2-26-18(25)22-8-6-15(7-9-22)21-17(24)12-20-16(23)11-13-4-3-5-14(19)10-13/h3-5,10,15H,2,6-9,11-12H2,1H3,(H,20,23)(H,21,24). The third kappa shape index (κ3) is 6.34. The van der Waals surface area contributed by atoms with Gasteiger partial charge in [0.2, 0.25) is 11.8 Å². The highest BCUT2D eigenvalue weighted by molar-refractivity contribution is 5.85. The second-order valence-electron chi connectivity index (χ2n) is 6.11. The molecule has 1 aromatic rings. The predicted molar refractivity (Wildman–Crippen MR) is 92.9 cm³/mol. The molecule has 0 radical (unpaired) electrons. The van der Waals surface area contributed by atoms with Crippen LogP contribution in [0.2, 0.25) is 0 Å². The van der Waals surface area contributed by atoms with Crippen molar-refractivity contribution in [2.24, 2.45) is 0 Å². The molecule has 2 rings (SSSR count). The molecule has 1 fully saturated rings. The summed E-state index contributed by atoms with van der Waals surface area (Å²) in [5.41, 5.74) is 0.550. The van der Waals surface area contributed by atoms with E-state index in [-0.39, 0.29) is 36.9 Å². The van der Waals surface area contributed by atoms with E-state index in [1.165, 1.54) is 18.2 Å². The van der Waals surface area contributed by atoms with E-state index in [9.17, 15) is 18.8 Å². The summed E-state index contributed by atoms with van der Waals surface area (Å²) in [7, 11) is 0. The van der Waals surface area contributed by atoms with E-state index in [2.05, 4.69) is 10.6 Å². The lowest BCUT2D eigenvalue weighted by Crippen LogP contribution is -2.48. The number of amides is 3. The molecule has 0 atom stereocenters. The quantitative estimate of drug-likeness (QED) is 0.794. The average molecular weight is 365 g/mol. The monoisotopic (exact) mass is 365 g/mol. The van der Waals surface area contributed by atoms with Crippen molar-refractivity contribution in [3.05, 3.63) is 35.6 Å². The molecule has 2 N–H and O–H groups in total. The number of carbonyl (C=O) groups is 3. The number of carbonyl (C=O) groups excluding carboxylic acids is 3. The third-order valence-electron chi connectivity index (χ3n) is 4.09. The fourth-order valence-corrected chi connectivity index (χ4v) is 2.77. The smallest absolute Gasteiger partial charge is 0.409 e. The van der Waals surface area contributed by atoms with Crippen molar-refractivity contribution in [3.63, 3.8) is 0 Å². The number of likely N-dealkylation sites (tertiary alicyclic amines) is 1. The maximum absolute atomic E-state index is 13.1. The van der Waals surface area contributed by atoms with Crippen molar-refractivity contribution in [3.8, 4) is 0 Å². The van der Waals surface area contributed by atoms with Crippen LogP contribution in [0.3, 0.4) is 0 Å². The molecule has 1 aliphatic rings. The van der Waals surface area contributed by atoms with Crippen LogP contribution in [0.1, 0.15) is 25.3 Å². The van der Waals surface area contributed by atoms with Gasteiger partial charge >= 0.3 is 6.09 Å². The van der Waals surface area contributed by atoms with Crippen molar-refractivity contribution in [1.82, 2.24) is 15.5 Å². The lowest BCUT2D eigenvalue weighted by Gasteiger charge is -2.31. The number of halogens is 1. The van der Waals surface area contributed by atoms with Crippen LogP contribution >= 0.6 is 0 Å². The Kier molecular flexibility index (Phi) is 7.37. The molecular weight excluding hydrogens is 341 g/mol. The van der Waals surface area contributed by atoms with Crippen molar-refractivity contribution < 1.29 is 23.5 Å². The van der Waals surface area contributed by atoms with E-state index in [1.807, 2.05) is 0 Å². The van der Waals surface area contributed by atoms with Crippen molar-refractivity contribution in [2.75, 3.05) is 26.2 Å². The molecule has 26 heavy (non-hydrogen) atoms. The van der Waals surface area contributed by atoms with Crippen molar-refractivity contribution >= 4 is 17.9 Å². The molecule has 1 saturated heterocycles. The van der Waals surface area contributed by atoms with Gasteiger partial charge in [0.15, 0.2) is 0 Å². The zero-order chi connectivity index (χ0) is 18.9. The van der Waals surface area contributed by atoms with Crippen molar-refractivity contribution in [2.45, 2.75) is 32.2 Å². The summed E-state index contributed by atoms with van der Waals surface area (Å²) in [4.78, 5) is 37.0. The summed E-state index contributed by atoms with van der Waals surface area (Å²) in [6.45, 7) is 3.01. The third-order valence-corrected chi connectivity index (χ3v) is 4.09. The highest BCUT2D eigenvalue weighted by Gasteiger charge is 2.24. The Morgan fingerprint density at radius 3 is 2.62 bits per heavy atom. The van der Waals surface area contributed by atoms with Crippen LogP contribution in [0.25, 0.3) is 0 Å². The Labute approximate surface area is 151 Å². The molecule has 1 aliphatic heterocycles. The molecule has 142 valence electrons. The minimum absolute atomic E-state index is 0.0168. The average Bonchev–Trinajstić information content (AvgIpc) is 2.61. The minimum atomic E-state index is -0.401. The molecule has 0 aliphatic carbocycles. The van der Waals surface area contributed by atoms with E-state index in [0.717, 1.165) is 0 Å². The van der Waals surface area contributed by atoms with Crippen LogP contribution in [0, 0.1) is 5.82 Å². The maximum atomic E-state index is 13.1. The van der Waals surface area contributed by atoms with Gasteiger partial charge in [-0.05, 0) is 37.5 Å². The Morgan fingerprint density at radius 2 is 1.96 bits per heavy atom. The van der Waals surface area contributed by atoms with Gasteiger partial charge in [-0.3, -0.25) is 9.59 Å². The molecule has 0 saturated carbocycles. The fraction of sp³-hybridized carbons (Fsp3) is 0.500. The Bertz CT molecular complexity index is 645. The molecule has 7 nitrogen and oxygen atoms in total. The number of hydrogen-bond donors (Lipinski definition) is 2. The van der Waals surface area contributed by atoms with Crippen molar-refractivity contribution in [1.29, 1.82) is 0 Å². The SMILES string of the molecule is CCOC(=O)N1CCC(NC(=O)CNC(=O)Cc2cccc(F)c2)CC1. The highest BCUT2D eigenvalue weighted by Crippen LogP contribution is 2.11. The summed E-state index contributed by atoms with van der Waals surface area (Å²) >= 11 is 0. The van der Waals surface area contributed by atoms with E-state index < -0.39 is 5.82 Å². The van der Waals surface area contributed by atoms with E-state index in [4.69, 9.17) is 4.74 Å². The van der Waals surface area contributed by atoms with Crippen LogP contribution < -0.4 is 10.6 Å². The molecule has 1 aromatic carbocycles. The Hall–Kier alpha value is -2.64. The van der Waals surface area contributed by atoms with Gasteiger partial charge < -0.3 is 20.3 Å². The molecule has 0 aromatic heterocycles. The molecule has 0 spiro atoms. The van der Waals surface area contributed by atoms with E-state index >= 15 is 0 Å². The summed E-state index contributed by atoms with van der Waals surface area (Å²) < 4.78 is 18.0. The number of rotatable bonds is 6. The molecule has 1 heterocycles. The number of hydrogen-bond acceptors (Lipinski definition) is 4. The van der Waals surface area contributed by atoms with Gasteiger partial charge in [0.1, 0.15) is 5.82 Å². The van der Waals surface area contributed by atoms with Crippen LogP contribution in [0.15, 0.2) is 24.3 Å². The first-order chi connectivity index (χ1) is 12.5. The summed E-state index contributed by atoms with van der Waals surface area (Å²) in [5.74, 6) is -1.03. The lowest BCUT2D eigenvalue weighted by molar-refractivity contribution is -0.126. The zero-order valence-electron chi connectivity index (χ0n) is 14.8. The number of nitrogens with zero attached hydrogens (tertiary/aromatic N) is 1. The largest absolute Gasteiger partial charge is 0.450 e. The first-order valence-corrected chi connectivity index (χ1v) is 8.70. The second kappa shape index (κ2) is 9.74. The molecule has 0 bridgehead atoms. The fourth-order valence-electron chi connectivity index (χ4n) is 2.77. The molecule has 8 heteroatoms. The minimum Gasteiger partial charge on any atom is -0.450 e. The van der Waals surface area contributed by atoms with Crippen LogP contribution in [0.5, 0.6) is 0 Å². The first-order valence-electron chi connectivity index (χ1n) is 8.70. The topological polar surface area (TPSA) is 87.7 Å². The molecule has 0 unspecified atom stereocenters. The summed E-state index contributed by atoms with van der Waals surface area (Å²) in [5, 5.41) is 5.37. The van der Waals surface area contributed by atoms with Crippen LogP contribution in [0.4, 0.5) is 9.18 Å². The van der Waals surface area contributed by atoms with Gasteiger partial charge in [-0.25, -0.2) is 9.18 Å². The Morgan fingerprint density at radius 1 is 1.23 bits per heavy atom. The van der Waals surface area contributed by atoms with Gasteiger partial charge in [0.05, 0.1) is 19.6 Å². The summed E-state index contributed by atoms with van der Waals surface area (Å²) in [6, 6.07) is 5.75. The highest BCUT2D eigenvalue weighted by atomic mass is 19.1. The number of benzene rings is 1. The maximum Gasteiger partial charge on any atom is 0.409 e. The first kappa shape index (κ1) is 19.7.